The quantitative estimate of drug-likeness (QED) is 0.253. The number of nitrogens with zero attached hydrogens (tertiary/aromatic N) is 8. The molecule has 1 heterocycles. The van der Waals surface area contributed by atoms with E-state index in [2.05, 4.69) is 55.6 Å². The highest BCUT2D eigenvalue weighted by Gasteiger charge is 2.18. The van der Waals surface area contributed by atoms with Crippen LogP contribution in [0.4, 0.5) is 0 Å². The fourth-order valence-corrected chi connectivity index (χ4v) is 3.44. The summed E-state index contributed by atoms with van der Waals surface area (Å²) < 4.78 is 0. The van der Waals surface area contributed by atoms with Gasteiger partial charge in [0, 0.05) is 44.1 Å². The molecule has 1 aromatic heterocycles. The highest BCUT2D eigenvalue weighted by atomic mass is 32.1. The van der Waals surface area contributed by atoms with Crippen molar-refractivity contribution >= 4 is 47.0 Å². The summed E-state index contributed by atoms with van der Waals surface area (Å²) in [6, 6.07) is 11.4. The van der Waals surface area contributed by atoms with Gasteiger partial charge in [-0.1, -0.05) is 30.3 Å². The van der Waals surface area contributed by atoms with Gasteiger partial charge in [0.25, 0.3) is 0 Å². The highest BCUT2D eigenvalue weighted by Crippen LogP contribution is 2.10. The van der Waals surface area contributed by atoms with E-state index < -0.39 is 0 Å². The van der Waals surface area contributed by atoms with Crippen molar-refractivity contribution in [3.8, 4) is 0 Å². The first-order valence-electron chi connectivity index (χ1n) is 10.6. The molecule has 32 heavy (non-hydrogen) atoms. The van der Waals surface area contributed by atoms with E-state index in [0.29, 0.717) is 27.6 Å². The third-order valence-corrected chi connectivity index (χ3v) is 5.37. The molecule has 170 valence electrons. The second-order valence-electron chi connectivity index (χ2n) is 6.48. The number of thiol groups is 2. The largest absolute Gasteiger partial charge is 0.351 e. The van der Waals surface area contributed by atoms with Crippen LogP contribution in [-0.2, 0) is 0 Å². The molecule has 0 spiro atoms. The third kappa shape index (κ3) is 7.16. The number of hydrogen-bond acceptors (Lipinski definition) is 6. The third-order valence-electron chi connectivity index (χ3n) is 4.62. The summed E-state index contributed by atoms with van der Waals surface area (Å²) in [5, 5.41) is 18.7. The maximum atomic E-state index is 4.52. The molecule has 0 aliphatic rings. The van der Waals surface area contributed by atoms with Gasteiger partial charge in [-0.05, 0) is 33.8 Å². The van der Waals surface area contributed by atoms with Crippen LogP contribution in [0.2, 0.25) is 0 Å². The lowest BCUT2D eigenvalue weighted by Gasteiger charge is -2.18. The Hall–Kier alpha value is -2.72. The lowest BCUT2D eigenvalue weighted by atomic mass is 10.1. The monoisotopic (exact) mass is 470 g/mol. The van der Waals surface area contributed by atoms with E-state index in [9.17, 15) is 0 Å². The van der Waals surface area contributed by atoms with E-state index >= 15 is 0 Å². The summed E-state index contributed by atoms with van der Waals surface area (Å²) in [6.07, 6.45) is 3.30. The summed E-state index contributed by atoms with van der Waals surface area (Å²) in [4.78, 5) is 12.7. The predicted molar refractivity (Wildman–Crippen MR) is 140 cm³/mol. The van der Waals surface area contributed by atoms with Crippen molar-refractivity contribution in [2.45, 2.75) is 27.7 Å². The Kier molecular flexibility index (Phi) is 10.9. The highest BCUT2D eigenvalue weighted by molar-refractivity contribution is 7.97. The average Bonchev–Trinajstić information content (AvgIpc) is 2.83. The maximum absolute atomic E-state index is 4.52. The molecule has 0 saturated heterocycles. The van der Waals surface area contributed by atoms with Gasteiger partial charge in [0.15, 0.2) is 21.9 Å². The zero-order chi connectivity index (χ0) is 23.3. The second-order valence-corrected chi connectivity index (χ2v) is 7.28. The first-order chi connectivity index (χ1) is 15.5. The summed E-state index contributed by atoms with van der Waals surface area (Å²) >= 11 is 9.02. The Morgan fingerprint density at radius 3 is 1.62 bits per heavy atom. The van der Waals surface area contributed by atoms with Crippen molar-refractivity contribution in [3.63, 3.8) is 0 Å². The van der Waals surface area contributed by atoms with Crippen LogP contribution in [0.15, 0.2) is 69.2 Å². The molecular formula is C22H30N8S2. The van der Waals surface area contributed by atoms with Gasteiger partial charge in [0.05, 0.1) is 0 Å². The van der Waals surface area contributed by atoms with Gasteiger partial charge in [-0.2, -0.15) is 0 Å². The number of amidine groups is 2. The molecule has 0 unspecified atom stereocenters. The van der Waals surface area contributed by atoms with Gasteiger partial charge in [-0.3, -0.25) is 0 Å². The summed E-state index contributed by atoms with van der Waals surface area (Å²) in [7, 11) is 0. The maximum Gasteiger partial charge on any atom is 0.182 e. The van der Waals surface area contributed by atoms with E-state index in [1.165, 1.54) is 0 Å². The van der Waals surface area contributed by atoms with Crippen molar-refractivity contribution in [2.24, 2.45) is 20.4 Å². The van der Waals surface area contributed by atoms with Crippen molar-refractivity contribution < 1.29 is 0 Å². The van der Waals surface area contributed by atoms with Crippen LogP contribution in [0.5, 0.6) is 0 Å². The van der Waals surface area contributed by atoms with Gasteiger partial charge in [0.2, 0.25) is 0 Å². The van der Waals surface area contributed by atoms with Gasteiger partial charge in [-0.15, -0.1) is 45.7 Å². The number of rotatable bonds is 9. The second kappa shape index (κ2) is 13.6. The molecule has 0 atom stereocenters. The lowest BCUT2D eigenvalue weighted by Crippen LogP contribution is -2.27. The normalized spacial score (nSPS) is 13.3. The molecule has 1 aromatic carbocycles. The minimum absolute atomic E-state index is 0.387. The van der Waals surface area contributed by atoms with Crippen LogP contribution < -0.4 is 0 Å². The fraction of sp³-hybridized carbons (Fsp3) is 0.364. The SMILES string of the molecule is CCN(CC)/C(S)=N/N=C(/C(=N/N=C(\S)N(CC)CC)c1ccccc1)c1ncccn1. The lowest BCUT2D eigenvalue weighted by molar-refractivity contribution is 0.473. The van der Waals surface area contributed by atoms with Crippen LogP contribution in [0.25, 0.3) is 0 Å². The van der Waals surface area contributed by atoms with E-state index in [1.54, 1.807) is 18.5 Å². The van der Waals surface area contributed by atoms with Crippen LogP contribution in [0, 0.1) is 0 Å². The predicted octanol–water partition coefficient (Wildman–Crippen LogP) is 3.84. The molecule has 8 nitrogen and oxygen atoms in total. The summed E-state index contributed by atoms with van der Waals surface area (Å²) in [5.74, 6) is 0.387. The first kappa shape index (κ1) is 25.5. The Morgan fingerprint density at radius 2 is 1.16 bits per heavy atom. The van der Waals surface area contributed by atoms with Gasteiger partial charge >= 0.3 is 0 Å². The molecule has 0 bridgehead atoms. The van der Waals surface area contributed by atoms with E-state index in [0.717, 1.165) is 31.7 Å². The Morgan fingerprint density at radius 1 is 0.688 bits per heavy atom. The Bertz CT molecular complexity index is 871. The van der Waals surface area contributed by atoms with Crippen molar-refractivity contribution in [2.75, 3.05) is 26.2 Å². The molecule has 2 aromatic rings. The van der Waals surface area contributed by atoms with Gasteiger partial charge in [0.1, 0.15) is 5.71 Å². The molecule has 10 heteroatoms. The first-order valence-corrected chi connectivity index (χ1v) is 11.5. The molecule has 0 radical (unpaired) electrons. The minimum Gasteiger partial charge on any atom is -0.351 e. The zero-order valence-electron chi connectivity index (χ0n) is 18.9. The molecule has 0 aliphatic carbocycles. The number of hydrogen-bond donors (Lipinski definition) is 2. The fourth-order valence-electron chi connectivity index (χ4n) is 2.79. The van der Waals surface area contributed by atoms with Crippen LogP contribution in [0.3, 0.4) is 0 Å². The molecule has 0 fully saturated rings. The molecule has 0 amide bonds. The zero-order valence-corrected chi connectivity index (χ0v) is 20.7. The van der Waals surface area contributed by atoms with Crippen LogP contribution >= 0.6 is 25.3 Å². The van der Waals surface area contributed by atoms with E-state index in [1.807, 2.05) is 67.8 Å². The standard InChI is InChI=1S/C22H30N8S2/c1-5-29(6-2)21(31)27-25-18(17-13-10-9-11-14-17)19(20-23-15-12-16-24-20)26-28-22(32)30(7-3)8-4/h9-16H,5-8H2,1-4H3,(H,27,31)(H,28,32)/b25-18+,26-19-. The average molecular weight is 471 g/mol. The summed E-state index contributed by atoms with van der Waals surface area (Å²) in [5.41, 5.74) is 1.68. The van der Waals surface area contributed by atoms with E-state index in [-0.39, 0.29) is 0 Å². The molecular weight excluding hydrogens is 440 g/mol. The molecule has 0 saturated carbocycles. The van der Waals surface area contributed by atoms with Crippen LogP contribution in [-0.4, -0.2) is 67.7 Å². The van der Waals surface area contributed by atoms with Crippen molar-refractivity contribution in [1.29, 1.82) is 0 Å². The topological polar surface area (TPSA) is 81.7 Å². The van der Waals surface area contributed by atoms with Gasteiger partial charge < -0.3 is 9.80 Å². The van der Waals surface area contributed by atoms with E-state index in [4.69, 9.17) is 0 Å². The molecule has 2 rings (SSSR count). The molecule has 0 aliphatic heterocycles. The van der Waals surface area contributed by atoms with Crippen LogP contribution in [0.1, 0.15) is 39.1 Å². The Labute approximate surface area is 201 Å². The minimum atomic E-state index is 0.387. The Balaban J connectivity index is 2.67. The summed E-state index contributed by atoms with van der Waals surface area (Å²) in [6.45, 7) is 11.2. The van der Waals surface area contributed by atoms with Gasteiger partial charge in [-0.25, -0.2) is 9.97 Å². The van der Waals surface area contributed by atoms with Crippen molar-refractivity contribution in [3.05, 3.63) is 60.2 Å². The van der Waals surface area contributed by atoms with Crippen molar-refractivity contribution in [1.82, 2.24) is 19.8 Å². The molecule has 0 N–H and O–H groups in total. The number of aromatic nitrogens is 2. The smallest absolute Gasteiger partial charge is 0.182 e. The number of benzene rings is 1.